The van der Waals surface area contributed by atoms with E-state index in [4.69, 9.17) is 9.84 Å². The standard InChI is InChI=1S/C12H19NO3S/c14-7-9-16-8-2-6-13-12(15)5-4-11-3-1-10-17-11/h1,3,10,14H,2,4-9H2,(H,13,15). The lowest BCUT2D eigenvalue weighted by Gasteiger charge is -2.05. The van der Waals surface area contributed by atoms with Crippen molar-refractivity contribution in [3.05, 3.63) is 22.4 Å². The zero-order valence-corrected chi connectivity index (χ0v) is 10.7. The van der Waals surface area contributed by atoms with Crippen molar-refractivity contribution in [3.8, 4) is 0 Å². The number of aryl methyl sites for hydroxylation is 1. The molecule has 5 heteroatoms. The highest BCUT2D eigenvalue weighted by Crippen LogP contribution is 2.10. The van der Waals surface area contributed by atoms with Gasteiger partial charge in [0.15, 0.2) is 0 Å². The van der Waals surface area contributed by atoms with Crippen molar-refractivity contribution < 1.29 is 14.6 Å². The highest BCUT2D eigenvalue weighted by atomic mass is 32.1. The molecule has 17 heavy (non-hydrogen) atoms. The van der Waals surface area contributed by atoms with Gasteiger partial charge in [-0.15, -0.1) is 11.3 Å². The molecular weight excluding hydrogens is 238 g/mol. The molecule has 1 heterocycles. The first-order valence-electron chi connectivity index (χ1n) is 5.80. The first-order chi connectivity index (χ1) is 8.33. The molecule has 1 aromatic rings. The van der Waals surface area contributed by atoms with Crippen LogP contribution in [0.5, 0.6) is 0 Å². The zero-order valence-electron chi connectivity index (χ0n) is 9.85. The fraction of sp³-hybridized carbons (Fsp3) is 0.583. The van der Waals surface area contributed by atoms with Crippen molar-refractivity contribution in [2.75, 3.05) is 26.4 Å². The van der Waals surface area contributed by atoms with Gasteiger partial charge in [0.2, 0.25) is 5.91 Å². The second kappa shape index (κ2) is 9.15. The number of thiophene rings is 1. The average molecular weight is 257 g/mol. The Kier molecular flexibility index (Phi) is 7.62. The number of aliphatic hydroxyl groups excluding tert-OH is 1. The van der Waals surface area contributed by atoms with Crippen molar-refractivity contribution in [2.45, 2.75) is 19.3 Å². The molecule has 0 saturated carbocycles. The van der Waals surface area contributed by atoms with Crippen LogP contribution in [-0.4, -0.2) is 37.4 Å². The van der Waals surface area contributed by atoms with Crippen LogP contribution in [0, 0.1) is 0 Å². The van der Waals surface area contributed by atoms with Crippen molar-refractivity contribution >= 4 is 17.2 Å². The number of rotatable bonds is 9. The van der Waals surface area contributed by atoms with Gasteiger partial charge in [-0.2, -0.15) is 0 Å². The van der Waals surface area contributed by atoms with Crippen LogP contribution < -0.4 is 5.32 Å². The number of hydrogen-bond donors (Lipinski definition) is 2. The van der Waals surface area contributed by atoms with E-state index in [1.54, 1.807) is 11.3 Å². The predicted octanol–water partition coefficient (Wildman–Crippen LogP) is 1.20. The van der Waals surface area contributed by atoms with Gasteiger partial charge in [-0.25, -0.2) is 0 Å². The summed E-state index contributed by atoms with van der Waals surface area (Å²) in [6, 6.07) is 4.04. The lowest BCUT2D eigenvalue weighted by Crippen LogP contribution is -2.25. The normalized spacial score (nSPS) is 10.4. The molecule has 2 N–H and O–H groups in total. The maximum Gasteiger partial charge on any atom is 0.220 e. The molecular formula is C12H19NO3S. The number of hydrogen-bond acceptors (Lipinski definition) is 4. The summed E-state index contributed by atoms with van der Waals surface area (Å²) in [7, 11) is 0. The predicted molar refractivity (Wildman–Crippen MR) is 68.2 cm³/mol. The SMILES string of the molecule is O=C(CCc1cccs1)NCCCOCCO. The van der Waals surface area contributed by atoms with Crippen LogP contribution in [0.15, 0.2) is 17.5 Å². The molecule has 0 spiro atoms. The Labute approximate surface area is 106 Å². The highest BCUT2D eigenvalue weighted by Gasteiger charge is 2.01. The Morgan fingerprint density at radius 2 is 2.35 bits per heavy atom. The molecule has 0 saturated heterocycles. The lowest BCUT2D eigenvalue weighted by molar-refractivity contribution is -0.121. The van der Waals surface area contributed by atoms with Gasteiger partial charge in [-0.1, -0.05) is 6.07 Å². The second-order valence-electron chi connectivity index (χ2n) is 3.62. The molecule has 0 fully saturated rings. The van der Waals surface area contributed by atoms with Gasteiger partial charge in [0.05, 0.1) is 13.2 Å². The van der Waals surface area contributed by atoms with Crippen molar-refractivity contribution in [2.24, 2.45) is 0 Å². The Morgan fingerprint density at radius 3 is 3.06 bits per heavy atom. The van der Waals surface area contributed by atoms with Crippen LogP contribution in [-0.2, 0) is 16.0 Å². The third-order valence-electron chi connectivity index (χ3n) is 2.20. The summed E-state index contributed by atoms with van der Waals surface area (Å²) >= 11 is 1.68. The van der Waals surface area contributed by atoms with E-state index in [0.29, 0.717) is 26.2 Å². The van der Waals surface area contributed by atoms with Crippen LogP contribution in [0.3, 0.4) is 0 Å². The molecule has 1 aromatic heterocycles. The average Bonchev–Trinajstić information content (AvgIpc) is 2.84. The number of carbonyl (C=O) groups is 1. The summed E-state index contributed by atoms with van der Waals surface area (Å²) in [5.41, 5.74) is 0. The van der Waals surface area contributed by atoms with E-state index in [1.807, 2.05) is 17.5 Å². The summed E-state index contributed by atoms with van der Waals surface area (Å²) in [5, 5.41) is 13.3. The van der Waals surface area contributed by atoms with Crippen molar-refractivity contribution in [1.82, 2.24) is 5.32 Å². The smallest absolute Gasteiger partial charge is 0.220 e. The molecule has 0 radical (unpaired) electrons. The molecule has 4 nitrogen and oxygen atoms in total. The number of carbonyl (C=O) groups excluding carboxylic acids is 1. The van der Waals surface area contributed by atoms with Gasteiger partial charge in [0.1, 0.15) is 0 Å². The minimum absolute atomic E-state index is 0.0488. The third kappa shape index (κ3) is 7.10. The van der Waals surface area contributed by atoms with Crippen LogP contribution in [0.2, 0.25) is 0 Å². The van der Waals surface area contributed by atoms with E-state index in [0.717, 1.165) is 12.8 Å². The Balaban J connectivity index is 1.94. The molecule has 0 aliphatic rings. The second-order valence-corrected chi connectivity index (χ2v) is 4.65. The van der Waals surface area contributed by atoms with Crippen LogP contribution >= 0.6 is 11.3 Å². The highest BCUT2D eigenvalue weighted by molar-refractivity contribution is 7.09. The summed E-state index contributed by atoms with van der Waals surface area (Å²) in [6.07, 6.45) is 2.13. The number of aliphatic hydroxyl groups is 1. The van der Waals surface area contributed by atoms with Crippen molar-refractivity contribution in [1.29, 1.82) is 0 Å². The minimum Gasteiger partial charge on any atom is -0.394 e. The first-order valence-corrected chi connectivity index (χ1v) is 6.68. The van der Waals surface area contributed by atoms with Gasteiger partial charge in [-0.3, -0.25) is 4.79 Å². The summed E-state index contributed by atoms with van der Waals surface area (Å²) < 4.78 is 5.08. The van der Waals surface area contributed by atoms with Crippen molar-refractivity contribution in [3.63, 3.8) is 0 Å². The van der Waals surface area contributed by atoms with Gasteiger partial charge >= 0.3 is 0 Å². The molecule has 0 aliphatic heterocycles. The monoisotopic (exact) mass is 257 g/mol. The van der Waals surface area contributed by atoms with E-state index in [9.17, 15) is 4.79 Å². The maximum atomic E-state index is 11.4. The summed E-state index contributed by atoms with van der Waals surface area (Å²) in [6.45, 7) is 1.62. The van der Waals surface area contributed by atoms with Crippen LogP contribution in [0.25, 0.3) is 0 Å². The van der Waals surface area contributed by atoms with E-state index in [1.165, 1.54) is 4.88 Å². The Bertz CT molecular complexity index is 301. The number of amides is 1. The molecule has 0 atom stereocenters. The summed E-state index contributed by atoms with van der Waals surface area (Å²) in [5.74, 6) is 0.0839. The molecule has 96 valence electrons. The van der Waals surface area contributed by atoms with E-state index >= 15 is 0 Å². The topological polar surface area (TPSA) is 58.6 Å². The fourth-order valence-corrected chi connectivity index (χ4v) is 2.06. The maximum absolute atomic E-state index is 11.4. The van der Waals surface area contributed by atoms with Gasteiger partial charge in [0.25, 0.3) is 0 Å². The molecule has 0 aliphatic carbocycles. The van der Waals surface area contributed by atoms with Gasteiger partial charge in [0, 0.05) is 24.4 Å². The first kappa shape index (κ1) is 14.2. The molecule has 1 amide bonds. The fourth-order valence-electron chi connectivity index (χ4n) is 1.35. The molecule has 1 rings (SSSR count). The quantitative estimate of drug-likeness (QED) is 0.653. The summed E-state index contributed by atoms with van der Waals surface area (Å²) in [4.78, 5) is 12.7. The largest absolute Gasteiger partial charge is 0.394 e. The Morgan fingerprint density at radius 1 is 1.47 bits per heavy atom. The zero-order chi connectivity index (χ0) is 12.3. The Hall–Kier alpha value is -0.910. The molecule has 0 bridgehead atoms. The van der Waals surface area contributed by atoms with Gasteiger partial charge < -0.3 is 15.2 Å². The molecule has 0 aromatic carbocycles. The molecule has 0 unspecified atom stereocenters. The minimum atomic E-state index is 0.0488. The number of nitrogens with one attached hydrogen (secondary N) is 1. The number of ether oxygens (including phenoxy) is 1. The third-order valence-corrected chi connectivity index (χ3v) is 3.14. The lowest BCUT2D eigenvalue weighted by atomic mass is 10.2. The van der Waals surface area contributed by atoms with E-state index in [2.05, 4.69) is 5.32 Å². The van der Waals surface area contributed by atoms with E-state index in [-0.39, 0.29) is 12.5 Å². The van der Waals surface area contributed by atoms with Gasteiger partial charge in [-0.05, 0) is 24.3 Å². The van der Waals surface area contributed by atoms with Crippen LogP contribution in [0.4, 0.5) is 0 Å². The van der Waals surface area contributed by atoms with Crippen LogP contribution in [0.1, 0.15) is 17.7 Å². The van der Waals surface area contributed by atoms with E-state index < -0.39 is 0 Å².